The van der Waals surface area contributed by atoms with E-state index >= 15 is 0 Å². The van der Waals surface area contributed by atoms with Gasteiger partial charge in [0.05, 0.1) is 0 Å². The summed E-state index contributed by atoms with van der Waals surface area (Å²) in [5, 5.41) is 0. The van der Waals surface area contributed by atoms with Gasteiger partial charge in [0.25, 0.3) is 0 Å². The summed E-state index contributed by atoms with van der Waals surface area (Å²) >= 11 is 0. The molecule has 0 amide bonds. The third-order valence-corrected chi connectivity index (χ3v) is 10.5. The number of benzene rings is 1. The fourth-order valence-electron chi connectivity index (χ4n) is 9.52. The molecule has 0 aromatic heterocycles. The van der Waals surface area contributed by atoms with E-state index in [-0.39, 0.29) is 0 Å². The molecule has 6 atom stereocenters. The molecule has 0 nitrogen and oxygen atoms in total. The molecule has 1 unspecified atom stereocenters. The van der Waals surface area contributed by atoms with Gasteiger partial charge in [-0.2, -0.15) is 0 Å². The van der Waals surface area contributed by atoms with Gasteiger partial charge in [-0.15, -0.1) is 6.58 Å². The largest absolute Gasteiger partial charge is 0.103 e. The Morgan fingerprint density at radius 1 is 0.710 bits per heavy atom. The van der Waals surface area contributed by atoms with Crippen LogP contribution in [0, 0.1) is 35.5 Å². The molecule has 0 heteroatoms. The molecule has 0 aliphatic heterocycles. The van der Waals surface area contributed by atoms with Crippen LogP contribution >= 0.6 is 0 Å². The number of allylic oxidation sites excluding steroid dienone is 1. The van der Waals surface area contributed by atoms with Crippen molar-refractivity contribution in [2.24, 2.45) is 35.5 Å². The van der Waals surface area contributed by atoms with Gasteiger partial charge >= 0.3 is 0 Å². The van der Waals surface area contributed by atoms with E-state index in [1.54, 1.807) is 18.4 Å². The molecular formula is C31H46. The summed E-state index contributed by atoms with van der Waals surface area (Å²) in [5.41, 5.74) is 2.18. The van der Waals surface area contributed by atoms with Crippen LogP contribution in [-0.4, -0.2) is 0 Å². The third-order valence-electron chi connectivity index (χ3n) is 10.5. The number of rotatable bonds is 8. The second kappa shape index (κ2) is 9.84. The number of unbranched alkanes of at least 4 members (excludes halogenated alkanes) is 2. The predicted octanol–water partition coefficient (Wildman–Crippen LogP) is 9.10. The first kappa shape index (κ1) is 21.8. The quantitative estimate of drug-likeness (QED) is 0.291. The SMILES string of the molecule is C=CCCCC[C@](c1ccccc1)(C1CCCC1)C1[C@H]2CCCC[C@H]2[C@H]2CCCC[C@@H]12. The topological polar surface area (TPSA) is 0 Å². The summed E-state index contributed by atoms with van der Waals surface area (Å²) in [6, 6.07) is 12.1. The normalized spacial score (nSPS) is 35.3. The second-order valence-electron chi connectivity index (χ2n) is 11.7. The van der Waals surface area contributed by atoms with Crippen LogP contribution in [0.25, 0.3) is 0 Å². The Morgan fingerprint density at radius 3 is 1.84 bits per heavy atom. The van der Waals surface area contributed by atoms with Crippen LogP contribution in [0.5, 0.6) is 0 Å². The molecule has 5 rings (SSSR count). The first-order chi connectivity index (χ1) is 15.4. The summed E-state index contributed by atoms with van der Waals surface area (Å²) < 4.78 is 0. The molecule has 4 aliphatic rings. The van der Waals surface area contributed by atoms with E-state index in [0.717, 1.165) is 35.5 Å². The summed E-state index contributed by atoms with van der Waals surface area (Å²) in [6.45, 7) is 4.02. The minimum absolute atomic E-state index is 0.440. The van der Waals surface area contributed by atoms with E-state index in [2.05, 4.69) is 43.0 Å². The van der Waals surface area contributed by atoms with Crippen LogP contribution < -0.4 is 0 Å². The minimum atomic E-state index is 0.440. The van der Waals surface area contributed by atoms with Crippen LogP contribution in [0.15, 0.2) is 43.0 Å². The van der Waals surface area contributed by atoms with Crippen molar-refractivity contribution in [2.75, 3.05) is 0 Å². The van der Waals surface area contributed by atoms with Crippen LogP contribution in [0.3, 0.4) is 0 Å². The van der Waals surface area contributed by atoms with Crippen molar-refractivity contribution < 1.29 is 0 Å². The molecule has 31 heavy (non-hydrogen) atoms. The maximum atomic E-state index is 4.02. The molecule has 4 aliphatic carbocycles. The van der Waals surface area contributed by atoms with Crippen molar-refractivity contribution in [1.29, 1.82) is 0 Å². The Bertz CT molecular complexity index is 676. The molecule has 0 heterocycles. The molecule has 1 aromatic rings. The average molecular weight is 419 g/mol. The highest BCUT2D eigenvalue weighted by atomic mass is 14.6. The fraction of sp³-hybridized carbons (Fsp3) is 0.742. The average Bonchev–Trinajstić information content (AvgIpc) is 3.48. The molecule has 170 valence electrons. The van der Waals surface area contributed by atoms with Crippen molar-refractivity contribution in [3.8, 4) is 0 Å². The van der Waals surface area contributed by atoms with Gasteiger partial charge in [0, 0.05) is 5.41 Å². The van der Waals surface area contributed by atoms with Crippen LogP contribution in [0.1, 0.15) is 108 Å². The monoisotopic (exact) mass is 418 g/mol. The number of hydrogen-bond acceptors (Lipinski definition) is 0. The third kappa shape index (κ3) is 3.95. The minimum Gasteiger partial charge on any atom is -0.103 e. The van der Waals surface area contributed by atoms with E-state index in [1.165, 1.54) is 89.9 Å². The van der Waals surface area contributed by atoms with E-state index in [4.69, 9.17) is 0 Å². The summed E-state index contributed by atoms with van der Waals surface area (Å²) in [7, 11) is 0. The number of hydrogen-bond donors (Lipinski definition) is 0. The standard InChI is InChI=1S/C31H46/c1-2-3-4-14-23-31(25-17-8-9-18-25,24-15-6-5-7-16-24)30-28-21-12-10-19-26(28)27-20-11-13-22-29(27)30/h2,5-7,15-16,25-30H,1,3-4,8-14,17-23H2/t26-,27+,28-,29+,30?,31-/m0/s1. The van der Waals surface area contributed by atoms with E-state index in [0.29, 0.717) is 5.41 Å². The Kier molecular flexibility index (Phi) is 6.92. The maximum absolute atomic E-state index is 4.02. The highest BCUT2D eigenvalue weighted by Gasteiger charge is 2.60. The Hall–Kier alpha value is -1.04. The lowest BCUT2D eigenvalue weighted by Crippen LogP contribution is -2.47. The summed E-state index contributed by atoms with van der Waals surface area (Å²) in [4.78, 5) is 0. The van der Waals surface area contributed by atoms with Crippen molar-refractivity contribution in [2.45, 2.75) is 108 Å². The zero-order chi connectivity index (χ0) is 21.1. The molecular weight excluding hydrogens is 372 g/mol. The van der Waals surface area contributed by atoms with Gasteiger partial charge in [0.2, 0.25) is 0 Å². The Balaban J connectivity index is 1.60. The van der Waals surface area contributed by atoms with Crippen LogP contribution in [0.2, 0.25) is 0 Å². The van der Waals surface area contributed by atoms with Gasteiger partial charge in [0.1, 0.15) is 0 Å². The molecule has 1 aromatic carbocycles. The number of fused-ring (bicyclic) bond motifs is 3. The predicted molar refractivity (Wildman–Crippen MR) is 133 cm³/mol. The smallest absolute Gasteiger partial charge is 0.00149 e. The van der Waals surface area contributed by atoms with Gasteiger partial charge in [0.15, 0.2) is 0 Å². The van der Waals surface area contributed by atoms with Gasteiger partial charge in [-0.05, 0) is 98.9 Å². The van der Waals surface area contributed by atoms with E-state index in [1.807, 2.05) is 0 Å². The molecule has 0 spiro atoms. The van der Waals surface area contributed by atoms with Crippen molar-refractivity contribution in [1.82, 2.24) is 0 Å². The maximum Gasteiger partial charge on any atom is 0.00149 e. The first-order valence-electron chi connectivity index (χ1n) is 14.0. The van der Waals surface area contributed by atoms with Crippen molar-refractivity contribution in [3.63, 3.8) is 0 Å². The molecule has 0 radical (unpaired) electrons. The van der Waals surface area contributed by atoms with Crippen LogP contribution in [-0.2, 0) is 5.41 Å². The molecule has 0 saturated heterocycles. The Morgan fingerprint density at radius 2 is 1.26 bits per heavy atom. The van der Waals surface area contributed by atoms with Gasteiger partial charge in [-0.1, -0.05) is 81.4 Å². The lowest BCUT2D eigenvalue weighted by molar-refractivity contribution is 0.0575. The highest BCUT2D eigenvalue weighted by Crippen LogP contribution is 2.66. The second-order valence-corrected chi connectivity index (χ2v) is 11.7. The molecule has 0 bridgehead atoms. The van der Waals surface area contributed by atoms with Gasteiger partial charge in [-0.25, -0.2) is 0 Å². The fourth-order valence-corrected chi connectivity index (χ4v) is 9.52. The zero-order valence-electron chi connectivity index (χ0n) is 19.9. The lowest BCUT2D eigenvalue weighted by Gasteiger charge is -2.51. The van der Waals surface area contributed by atoms with Crippen molar-refractivity contribution in [3.05, 3.63) is 48.6 Å². The van der Waals surface area contributed by atoms with Gasteiger partial charge < -0.3 is 0 Å². The van der Waals surface area contributed by atoms with Crippen LogP contribution in [0.4, 0.5) is 0 Å². The van der Waals surface area contributed by atoms with Crippen molar-refractivity contribution >= 4 is 0 Å². The van der Waals surface area contributed by atoms with E-state index < -0.39 is 0 Å². The Labute approximate surface area is 192 Å². The first-order valence-corrected chi connectivity index (χ1v) is 14.0. The molecule has 4 fully saturated rings. The molecule has 0 N–H and O–H groups in total. The molecule has 4 saturated carbocycles. The van der Waals surface area contributed by atoms with E-state index in [9.17, 15) is 0 Å². The summed E-state index contributed by atoms with van der Waals surface area (Å²) in [5.74, 6) is 6.02. The lowest BCUT2D eigenvalue weighted by atomic mass is 9.53. The highest BCUT2D eigenvalue weighted by molar-refractivity contribution is 5.31. The van der Waals surface area contributed by atoms with Gasteiger partial charge in [-0.3, -0.25) is 0 Å². The zero-order valence-corrected chi connectivity index (χ0v) is 19.9. The summed E-state index contributed by atoms with van der Waals surface area (Å²) in [6.07, 6.45) is 25.6.